The summed E-state index contributed by atoms with van der Waals surface area (Å²) in [6.07, 6.45) is 5.33. The molecular weight excluding hydrogens is 412 g/mol. The van der Waals surface area contributed by atoms with Crippen molar-refractivity contribution in [3.8, 4) is 16.2 Å². The van der Waals surface area contributed by atoms with Crippen molar-refractivity contribution < 1.29 is 14.6 Å². The average Bonchev–Trinajstić information content (AvgIpc) is 3.44. The van der Waals surface area contributed by atoms with Gasteiger partial charge in [0.25, 0.3) is 0 Å². The molecular formula is C25H26O3S2. The van der Waals surface area contributed by atoms with Gasteiger partial charge in [-0.1, -0.05) is 32.1 Å². The molecule has 0 atom stereocenters. The number of carboxylic acid groups (broad SMARTS) is 1. The quantitative estimate of drug-likeness (QED) is 0.402. The van der Waals surface area contributed by atoms with Crippen LogP contribution in [-0.2, 0) is 17.8 Å². The molecule has 1 aromatic carbocycles. The maximum Gasteiger partial charge on any atom is 0.303 e. The molecule has 2 aromatic heterocycles. The standard InChI is InChI=1S/C25H26O3S2/c1-25(2)11-4-7-21(25)23-19(16-30-24(23)18-10-12-29-15-18)14-28-20-6-3-5-17(13-20)8-9-22(26)27/h3,5-7,10,12-13,15-16H,4,8-9,11,14H2,1-2H3,(H,26,27). The number of allylic oxidation sites excluding steroid dienone is 2. The van der Waals surface area contributed by atoms with Crippen molar-refractivity contribution in [3.05, 3.63) is 69.2 Å². The molecule has 0 spiro atoms. The molecule has 3 aromatic rings. The molecule has 3 nitrogen and oxygen atoms in total. The van der Waals surface area contributed by atoms with E-state index < -0.39 is 5.97 Å². The number of carboxylic acids is 1. The molecule has 0 bridgehead atoms. The summed E-state index contributed by atoms with van der Waals surface area (Å²) >= 11 is 3.52. The zero-order chi connectivity index (χ0) is 21.1. The van der Waals surface area contributed by atoms with Gasteiger partial charge in [-0.15, -0.1) is 11.3 Å². The van der Waals surface area contributed by atoms with Crippen LogP contribution in [0.2, 0.25) is 0 Å². The Morgan fingerprint density at radius 1 is 1.23 bits per heavy atom. The van der Waals surface area contributed by atoms with E-state index in [1.807, 2.05) is 24.3 Å². The van der Waals surface area contributed by atoms with E-state index in [4.69, 9.17) is 9.84 Å². The van der Waals surface area contributed by atoms with Crippen molar-refractivity contribution in [1.29, 1.82) is 0 Å². The lowest BCUT2D eigenvalue weighted by atomic mass is 9.80. The molecule has 1 aliphatic carbocycles. The van der Waals surface area contributed by atoms with Crippen LogP contribution in [0.5, 0.6) is 5.75 Å². The summed E-state index contributed by atoms with van der Waals surface area (Å²) in [5.74, 6) is 0.00410. The molecule has 0 amide bonds. The molecule has 0 saturated carbocycles. The number of thiophene rings is 2. The summed E-state index contributed by atoms with van der Waals surface area (Å²) < 4.78 is 6.17. The molecule has 0 unspecified atom stereocenters. The molecule has 30 heavy (non-hydrogen) atoms. The van der Waals surface area contributed by atoms with Crippen molar-refractivity contribution in [2.24, 2.45) is 5.41 Å². The smallest absolute Gasteiger partial charge is 0.303 e. The molecule has 2 heterocycles. The van der Waals surface area contributed by atoms with Gasteiger partial charge in [-0.05, 0) is 70.2 Å². The third kappa shape index (κ3) is 4.52. The molecule has 156 valence electrons. The van der Waals surface area contributed by atoms with Gasteiger partial charge in [0.1, 0.15) is 12.4 Å². The van der Waals surface area contributed by atoms with Gasteiger partial charge in [-0.3, -0.25) is 4.79 Å². The van der Waals surface area contributed by atoms with E-state index in [9.17, 15) is 4.79 Å². The van der Waals surface area contributed by atoms with Gasteiger partial charge in [-0.25, -0.2) is 0 Å². The second kappa shape index (κ2) is 8.78. The monoisotopic (exact) mass is 438 g/mol. The zero-order valence-corrected chi connectivity index (χ0v) is 18.9. The molecule has 0 radical (unpaired) electrons. The minimum Gasteiger partial charge on any atom is -0.489 e. The molecule has 1 N–H and O–H groups in total. The van der Waals surface area contributed by atoms with E-state index in [2.05, 4.69) is 42.1 Å². The molecule has 0 saturated heterocycles. The van der Waals surface area contributed by atoms with Gasteiger partial charge in [0.05, 0.1) is 0 Å². The second-order valence-corrected chi connectivity index (χ2v) is 10.0. The Labute approximate surface area is 185 Å². The number of aliphatic carboxylic acids is 1. The van der Waals surface area contributed by atoms with E-state index in [1.54, 1.807) is 22.7 Å². The SMILES string of the molecule is CC1(C)CCC=C1c1c(COc2cccc(CCC(=O)O)c2)csc1-c1ccsc1. The van der Waals surface area contributed by atoms with Crippen LogP contribution in [-0.4, -0.2) is 11.1 Å². The summed E-state index contributed by atoms with van der Waals surface area (Å²) in [5, 5.41) is 15.5. The van der Waals surface area contributed by atoms with E-state index in [0.717, 1.165) is 17.7 Å². The lowest BCUT2D eigenvalue weighted by Crippen LogP contribution is -2.11. The van der Waals surface area contributed by atoms with Gasteiger partial charge in [0, 0.05) is 28.0 Å². The Balaban J connectivity index is 1.60. The minimum atomic E-state index is -0.780. The van der Waals surface area contributed by atoms with Gasteiger partial charge in [-0.2, -0.15) is 11.3 Å². The Bertz CT molecular complexity index is 1060. The molecule has 0 fully saturated rings. The highest BCUT2D eigenvalue weighted by atomic mass is 32.1. The third-order valence-electron chi connectivity index (χ3n) is 5.69. The van der Waals surface area contributed by atoms with E-state index in [0.29, 0.717) is 13.0 Å². The maximum absolute atomic E-state index is 10.8. The van der Waals surface area contributed by atoms with Crippen LogP contribution >= 0.6 is 22.7 Å². The fourth-order valence-corrected chi connectivity index (χ4v) is 5.82. The van der Waals surface area contributed by atoms with Gasteiger partial charge < -0.3 is 9.84 Å². The van der Waals surface area contributed by atoms with Crippen molar-refractivity contribution in [3.63, 3.8) is 0 Å². The number of hydrogen-bond acceptors (Lipinski definition) is 4. The molecule has 5 heteroatoms. The predicted octanol–water partition coefficient (Wildman–Crippen LogP) is 7.28. The van der Waals surface area contributed by atoms with Gasteiger partial charge in [0.2, 0.25) is 0 Å². The van der Waals surface area contributed by atoms with Crippen LogP contribution in [0.1, 0.15) is 49.8 Å². The summed E-state index contributed by atoms with van der Waals surface area (Å²) in [6, 6.07) is 9.97. The summed E-state index contributed by atoms with van der Waals surface area (Å²) in [7, 11) is 0. The Kier molecular flexibility index (Phi) is 6.11. The first-order valence-corrected chi connectivity index (χ1v) is 12.0. The second-order valence-electron chi connectivity index (χ2n) is 8.35. The number of rotatable bonds is 8. The third-order valence-corrected chi connectivity index (χ3v) is 7.45. The van der Waals surface area contributed by atoms with Crippen molar-refractivity contribution >= 4 is 34.2 Å². The first-order chi connectivity index (χ1) is 14.4. The van der Waals surface area contributed by atoms with Crippen LogP contribution in [0.4, 0.5) is 0 Å². The topological polar surface area (TPSA) is 46.5 Å². The largest absolute Gasteiger partial charge is 0.489 e. The highest BCUT2D eigenvalue weighted by Crippen LogP contribution is 2.50. The average molecular weight is 439 g/mol. The molecule has 4 rings (SSSR count). The van der Waals surface area contributed by atoms with Crippen molar-refractivity contribution in [1.82, 2.24) is 0 Å². The Morgan fingerprint density at radius 3 is 2.80 bits per heavy atom. The van der Waals surface area contributed by atoms with Crippen molar-refractivity contribution in [2.75, 3.05) is 0 Å². The van der Waals surface area contributed by atoms with E-state index >= 15 is 0 Å². The highest BCUT2D eigenvalue weighted by Gasteiger charge is 2.32. The van der Waals surface area contributed by atoms with E-state index in [1.165, 1.54) is 33.6 Å². The van der Waals surface area contributed by atoms with Gasteiger partial charge >= 0.3 is 5.97 Å². The summed E-state index contributed by atoms with van der Waals surface area (Å²) in [5.41, 5.74) is 6.42. The normalized spacial score (nSPS) is 15.2. The Morgan fingerprint density at radius 2 is 2.10 bits per heavy atom. The van der Waals surface area contributed by atoms with E-state index in [-0.39, 0.29) is 11.8 Å². The minimum absolute atomic E-state index is 0.130. The van der Waals surface area contributed by atoms with Crippen LogP contribution in [0, 0.1) is 5.41 Å². The zero-order valence-electron chi connectivity index (χ0n) is 17.3. The lowest BCUT2D eigenvalue weighted by molar-refractivity contribution is -0.136. The first-order valence-electron chi connectivity index (χ1n) is 10.2. The summed E-state index contributed by atoms with van der Waals surface area (Å²) in [6.45, 7) is 5.17. The number of ether oxygens (including phenoxy) is 1. The van der Waals surface area contributed by atoms with Crippen LogP contribution in [0.3, 0.4) is 0 Å². The van der Waals surface area contributed by atoms with Crippen molar-refractivity contribution in [2.45, 2.75) is 46.1 Å². The van der Waals surface area contributed by atoms with Crippen LogP contribution in [0.25, 0.3) is 16.0 Å². The lowest BCUT2D eigenvalue weighted by Gasteiger charge is -2.24. The fraction of sp³-hybridized carbons (Fsp3) is 0.320. The maximum atomic E-state index is 10.8. The number of hydrogen-bond donors (Lipinski definition) is 1. The van der Waals surface area contributed by atoms with Gasteiger partial charge in [0.15, 0.2) is 0 Å². The number of benzene rings is 1. The molecule has 1 aliphatic rings. The Hall–Kier alpha value is -2.37. The van der Waals surface area contributed by atoms with Crippen LogP contribution < -0.4 is 4.74 Å². The van der Waals surface area contributed by atoms with Crippen LogP contribution in [0.15, 0.2) is 52.5 Å². The fourth-order valence-electron chi connectivity index (χ4n) is 4.03. The molecule has 0 aliphatic heterocycles. The number of carbonyl (C=O) groups is 1. The highest BCUT2D eigenvalue weighted by molar-refractivity contribution is 7.14. The predicted molar refractivity (Wildman–Crippen MR) is 125 cm³/mol. The number of aryl methyl sites for hydroxylation is 1. The first kappa shape index (κ1) is 20.9. The summed E-state index contributed by atoms with van der Waals surface area (Å²) in [4.78, 5) is 12.2.